The molecule has 94 valence electrons. The number of nitrogens with zero attached hydrogens (tertiary/aromatic N) is 1. The van der Waals surface area contributed by atoms with E-state index in [1.54, 1.807) is 0 Å². The molecule has 17 heavy (non-hydrogen) atoms. The van der Waals surface area contributed by atoms with Crippen molar-refractivity contribution in [3.8, 4) is 0 Å². The highest BCUT2D eigenvalue weighted by molar-refractivity contribution is 6.31. The first-order valence-corrected chi connectivity index (χ1v) is 6.80. The lowest BCUT2D eigenvalue weighted by atomic mass is 10.1. The van der Waals surface area contributed by atoms with Crippen molar-refractivity contribution in [1.82, 2.24) is 4.90 Å². The fraction of sp³-hybridized carbons (Fsp3) is 0.571. The Morgan fingerprint density at radius 1 is 1.41 bits per heavy atom. The molecule has 0 atom stereocenters. The van der Waals surface area contributed by atoms with Crippen LogP contribution in [0.15, 0.2) is 18.2 Å². The Bertz CT molecular complexity index is 374. The van der Waals surface area contributed by atoms with Crippen molar-refractivity contribution in [2.75, 3.05) is 13.1 Å². The zero-order chi connectivity index (χ0) is 12.3. The first-order chi connectivity index (χ1) is 8.22. The van der Waals surface area contributed by atoms with Gasteiger partial charge in [-0.1, -0.05) is 30.7 Å². The largest absolute Gasteiger partial charge is 0.326 e. The first kappa shape index (κ1) is 12.9. The molecule has 2 rings (SSSR count). The molecule has 1 aromatic carbocycles. The summed E-state index contributed by atoms with van der Waals surface area (Å²) in [5.74, 6) is 0.928. The highest BCUT2D eigenvalue weighted by Crippen LogP contribution is 2.30. The highest BCUT2D eigenvalue weighted by atomic mass is 35.5. The number of halogens is 1. The molecule has 0 bridgehead atoms. The molecule has 1 aromatic rings. The van der Waals surface area contributed by atoms with Crippen molar-refractivity contribution in [2.24, 2.45) is 11.7 Å². The van der Waals surface area contributed by atoms with Crippen LogP contribution in [0, 0.1) is 5.92 Å². The van der Waals surface area contributed by atoms with E-state index in [-0.39, 0.29) is 0 Å². The third-order valence-corrected chi connectivity index (χ3v) is 3.76. The van der Waals surface area contributed by atoms with Crippen molar-refractivity contribution in [3.05, 3.63) is 34.3 Å². The number of hydrogen-bond acceptors (Lipinski definition) is 2. The summed E-state index contributed by atoms with van der Waals surface area (Å²) in [5, 5.41) is 0.849. The standard InChI is InChI=1S/C14H21ClN2/c1-2-17(9-11-3-4-11)10-13-6-5-12(8-16)7-14(13)15/h5-7,11H,2-4,8-10,16H2,1H3. The fourth-order valence-corrected chi connectivity index (χ4v) is 2.32. The number of rotatable bonds is 6. The summed E-state index contributed by atoms with van der Waals surface area (Å²) >= 11 is 6.28. The molecule has 1 fully saturated rings. The van der Waals surface area contributed by atoms with Gasteiger partial charge in [0.1, 0.15) is 0 Å². The molecule has 0 heterocycles. The van der Waals surface area contributed by atoms with Crippen LogP contribution >= 0.6 is 11.6 Å². The molecule has 1 aliphatic rings. The minimum Gasteiger partial charge on any atom is -0.326 e. The molecule has 0 unspecified atom stereocenters. The fourth-order valence-electron chi connectivity index (χ4n) is 2.06. The van der Waals surface area contributed by atoms with Crippen molar-refractivity contribution in [2.45, 2.75) is 32.9 Å². The van der Waals surface area contributed by atoms with E-state index in [4.69, 9.17) is 17.3 Å². The summed E-state index contributed by atoms with van der Waals surface area (Å²) in [6.07, 6.45) is 2.80. The predicted octanol–water partition coefficient (Wildman–Crippen LogP) is 3.03. The quantitative estimate of drug-likeness (QED) is 0.843. The second-order valence-corrected chi connectivity index (χ2v) is 5.31. The molecular formula is C14H21ClN2. The van der Waals surface area contributed by atoms with Gasteiger partial charge in [-0.3, -0.25) is 4.90 Å². The van der Waals surface area contributed by atoms with Crippen molar-refractivity contribution in [1.29, 1.82) is 0 Å². The lowest BCUT2D eigenvalue weighted by Gasteiger charge is -2.21. The van der Waals surface area contributed by atoms with Gasteiger partial charge in [0, 0.05) is 24.7 Å². The van der Waals surface area contributed by atoms with Crippen LogP contribution in [-0.4, -0.2) is 18.0 Å². The number of benzene rings is 1. The van der Waals surface area contributed by atoms with Gasteiger partial charge in [-0.15, -0.1) is 0 Å². The lowest BCUT2D eigenvalue weighted by molar-refractivity contribution is 0.268. The second-order valence-electron chi connectivity index (χ2n) is 4.90. The Morgan fingerprint density at radius 3 is 2.71 bits per heavy atom. The van der Waals surface area contributed by atoms with E-state index in [1.807, 2.05) is 6.07 Å². The van der Waals surface area contributed by atoms with E-state index in [2.05, 4.69) is 24.0 Å². The van der Waals surface area contributed by atoms with Gasteiger partial charge in [0.2, 0.25) is 0 Å². The molecular weight excluding hydrogens is 232 g/mol. The van der Waals surface area contributed by atoms with Crippen LogP contribution in [0.3, 0.4) is 0 Å². The molecule has 0 amide bonds. The van der Waals surface area contributed by atoms with Gasteiger partial charge in [0.05, 0.1) is 0 Å². The number of nitrogens with two attached hydrogens (primary N) is 1. The van der Waals surface area contributed by atoms with E-state index in [1.165, 1.54) is 24.9 Å². The molecule has 0 aliphatic heterocycles. The Morgan fingerprint density at radius 2 is 2.18 bits per heavy atom. The van der Waals surface area contributed by atoms with Gasteiger partial charge in [-0.05, 0) is 42.5 Å². The topological polar surface area (TPSA) is 29.3 Å². The highest BCUT2D eigenvalue weighted by Gasteiger charge is 2.23. The zero-order valence-corrected chi connectivity index (χ0v) is 11.2. The van der Waals surface area contributed by atoms with Crippen LogP contribution in [-0.2, 0) is 13.1 Å². The average Bonchev–Trinajstić information content (AvgIpc) is 3.14. The molecule has 0 spiro atoms. The third-order valence-electron chi connectivity index (χ3n) is 3.41. The summed E-state index contributed by atoms with van der Waals surface area (Å²) in [5.41, 5.74) is 7.92. The minimum atomic E-state index is 0.555. The summed E-state index contributed by atoms with van der Waals surface area (Å²) in [7, 11) is 0. The maximum atomic E-state index is 6.28. The van der Waals surface area contributed by atoms with E-state index in [9.17, 15) is 0 Å². The van der Waals surface area contributed by atoms with Gasteiger partial charge in [-0.25, -0.2) is 0 Å². The maximum absolute atomic E-state index is 6.28. The SMILES string of the molecule is CCN(Cc1ccc(CN)cc1Cl)CC1CC1. The normalized spacial score (nSPS) is 15.5. The Kier molecular flexibility index (Phi) is 4.43. The molecule has 1 aliphatic carbocycles. The smallest absolute Gasteiger partial charge is 0.0454 e. The zero-order valence-electron chi connectivity index (χ0n) is 10.5. The summed E-state index contributed by atoms with van der Waals surface area (Å²) < 4.78 is 0. The van der Waals surface area contributed by atoms with Crippen LogP contribution in [0.5, 0.6) is 0 Å². The van der Waals surface area contributed by atoms with Crippen LogP contribution in [0.25, 0.3) is 0 Å². The summed E-state index contributed by atoms with van der Waals surface area (Å²) in [6.45, 7) is 6.03. The van der Waals surface area contributed by atoms with E-state index >= 15 is 0 Å². The monoisotopic (exact) mass is 252 g/mol. The van der Waals surface area contributed by atoms with Gasteiger partial charge >= 0.3 is 0 Å². The lowest BCUT2D eigenvalue weighted by Crippen LogP contribution is -2.25. The Labute approximate surface area is 109 Å². The van der Waals surface area contributed by atoms with Gasteiger partial charge < -0.3 is 5.73 Å². The summed E-state index contributed by atoms with van der Waals surface area (Å²) in [4.78, 5) is 2.47. The average molecular weight is 253 g/mol. The van der Waals surface area contributed by atoms with Gasteiger partial charge in [0.15, 0.2) is 0 Å². The van der Waals surface area contributed by atoms with Gasteiger partial charge in [0.25, 0.3) is 0 Å². The van der Waals surface area contributed by atoms with Crippen molar-refractivity contribution < 1.29 is 0 Å². The maximum Gasteiger partial charge on any atom is 0.0454 e. The molecule has 1 saturated carbocycles. The third kappa shape index (κ3) is 3.70. The van der Waals surface area contributed by atoms with Crippen molar-refractivity contribution >= 4 is 11.6 Å². The predicted molar refractivity (Wildman–Crippen MR) is 73.0 cm³/mol. The number of hydrogen-bond donors (Lipinski definition) is 1. The minimum absolute atomic E-state index is 0.555. The van der Waals surface area contributed by atoms with E-state index < -0.39 is 0 Å². The Balaban J connectivity index is 2.00. The molecule has 0 radical (unpaired) electrons. The van der Waals surface area contributed by atoms with Crippen LogP contribution < -0.4 is 5.73 Å². The van der Waals surface area contributed by atoms with Crippen LogP contribution in [0.2, 0.25) is 5.02 Å². The second kappa shape index (κ2) is 5.85. The molecule has 2 N–H and O–H groups in total. The van der Waals surface area contributed by atoms with Gasteiger partial charge in [-0.2, -0.15) is 0 Å². The summed E-state index contributed by atoms with van der Waals surface area (Å²) in [6, 6.07) is 6.17. The first-order valence-electron chi connectivity index (χ1n) is 6.42. The molecule has 2 nitrogen and oxygen atoms in total. The van der Waals surface area contributed by atoms with E-state index in [0.29, 0.717) is 6.54 Å². The molecule has 3 heteroatoms. The van der Waals surface area contributed by atoms with Crippen LogP contribution in [0.4, 0.5) is 0 Å². The van der Waals surface area contributed by atoms with Crippen molar-refractivity contribution in [3.63, 3.8) is 0 Å². The van der Waals surface area contributed by atoms with E-state index in [0.717, 1.165) is 29.6 Å². The molecule has 0 aromatic heterocycles. The van der Waals surface area contributed by atoms with Crippen LogP contribution in [0.1, 0.15) is 30.9 Å². The molecule has 0 saturated heterocycles. The Hall–Kier alpha value is -0.570.